The van der Waals surface area contributed by atoms with Crippen LogP contribution in [0.2, 0.25) is 5.02 Å². The third kappa shape index (κ3) is 2.13. The fourth-order valence-electron chi connectivity index (χ4n) is 4.14. The average Bonchev–Trinajstić information content (AvgIpc) is 2.49. The first-order valence-corrected chi connectivity index (χ1v) is 8.14. The van der Waals surface area contributed by atoms with Gasteiger partial charge in [0, 0.05) is 10.6 Å². The van der Waals surface area contributed by atoms with Crippen LogP contribution in [-0.2, 0) is 14.3 Å². The van der Waals surface area contributed by atoms with Crippen molar-refractivity contribution in [2.75, 3.05) is 7.11 Å². The summed E-state index contributed by atoms with van der Waals surface area (Å²) in [7, 11) is 1.37. The number of amides is 1. The molecule has 126 valence electrons. The fourth-order valence-corrected chi connectivity index (χ4v) is 4.31. The Morgan fingerprint density at radius 1 is 1.33 bits per heavy atom. The first-order chi connectivity index (χ1) is 11.4. The van der Waals surface area contributed by atoms with Crippen molar-refractivity contribution in [2.24, 2.45) is 5.41 Å². The molecule has 4 aliphatic rings. The number of halogens is 1. The van der Waals surface area contributed by atoms with E-state index in [1.54, 1.807) is 18.2 Å². The van der Waals surface area contributed by atoms with Gasteiger partial charge in [-0.1, -0.05) is 11.6 Å². The first kappa shape index (κ1) is 15.4. The van der Waals surface area contributed by atoms with Crippen molar-refractivity contribution >= 4 is 29.3 Å². The molecule has 1 aliphatic heterocycles. The molecule has 0 radical (unpaired) electrons. The molecular formula is C17H16ClNO5. The van der Waals surface area contributed by atoms with E-state index in [-0.39, 0.29) is 29.6 Å². The summed E-state index contributed by atoms with van der Waals surface area (Å²) in [5, 5.41) is 3.40. The Morgan fingerprint density at radius 3 is 2.71 bits per heavy atom. The molecule has 0 aromatic heterocycles. The minimum atomic E-state index is -0.853. The summed E-state index contributed by atoms with van der Waals surface area (Å²) in [5.41, 5.74) is -0.367. The van der Waals surface area contributed by atoms with Crippen molar-refractivity contribution in [3.05, 3.63) is 28.8 Å². The maximum atomic E-state index is 12.5. The second-order valence-electron chi connectivity index (χ2n) is 6.95. The van der Waals surface area contributed by atoms with Gasteiger partial charge in [0.15, 0.2) is 11.9 Å². The van der Waals surface area contributed by atoms with Crippen LogP contribution in [0.5, 0.6) is 5.75 Å². The van der Waals surface area contributed by atoms with Crippen molar-refractivity contribution in [3.63, 3.8) is 0 Å². The normalized spacial score (nSPS) is 32.6. The number of esters is 1. The lowest BCUT2D eigenvalue weighted by atomic mass is 9.39. The second kappa shape index (κ2) is 4.96. The van der Waals surface area contributed by atoms with E-state index in [9.17, 15) is 14.4 Å². The summed E-state index contributed by atoms with van der Waals surface area (Å²) in [6.07, 6.45) is 0.897. The smallest absolute Gasteiger partial charge is 0.312 e. The Hall–Kier alpha value is -2.08. The molecule has 1 aromatic carbocycles. The third-order valence-electron chi connectivity index (χ3n) is 5.21. The highest BCUT2D eigenvalue weighted by molar-refractivity contribution is 6.31. The zero-order valence-corrected chi connectivity index (χ0v) is 13.8. The van der Waals surface area contributed by atoms with Gasteiger partial charge in [-0.25, -0.2) is 0 Å². The summed E-state index contributed by atoms with van der Waals surface area (Å²) in [5.74, 6) is -0.322. The highest BCUT2D eigenvalue weighted by Crippen LogP contribution is 2.67. The molecule has 0 saturated heterocycles. The molecule has 1 N–H and O–H groups in total. The van der Waals surface area contributed by atoms with Crippen molar-refractivity contribution in [3.8, 4) is 5.75 Å². The van der Waals surface area contributed by atoms with E-state index in [1.165, 1.54) is 7.11 Å². The molecule has 1 heterocycles. The monoisotopic (exact) mass is 349 g/mol. The number of Topliss-reactive ketones (excluding diaryl/α,β-unsaturated/α-hetero) is 1. The van der Waals surface area contributed by atoms with Crippen LogP contribution in [0, 0.1) is 5.41 Å². The SMILES string of the molecule is COC(=O)C12CC(NC(=O)[C@H]3CC(=O)c4cc(Cl)ccc4O3)(C1)C2. The lowest BCUT2D eigenvalue weighted by Gasteiger charge is -2.68. The number of rotatable bonds is 3. The summed E-state index contributed by atoms with van der Waals surface area (Å²) < 4.78 is 10.5. The van der Waals surface area contributed by atoms with Gasteiger partial charge in [0.05, 0.1) is 24.5 Å². The van der Waals surface area contributed by atoms with Crippen LogP contribution < -0.4 is 10.1 Å². The maximum Gasteiger partial charge on any atom is 0.312 e. The van der Waals surface area contributed by atoms with Crippen LogP contribution in [0.15, 0.2) is 18.2 Å². The van der Waals surface area contributed by atoms with Crippen molar-refractivity contribution in [1.29, 1.82) is 0 Å². The molecular weight excluding hydrogens is 334 g/mol. The molecule has 3 saturated carbocycles. The molecule has 6 nitrogen and oxygen atoms in total. The molecule has 5 rings (SSSR count). The molecule has 1 atom stereocenters. The zero-order chi connectivity index (χ0) is 17.1. The van der Waals surface area contributed by atoms with Gasteiger partial charge in [0.25, 0.3) is 5.91 Å². The van der Waals surface area contributed by atoms with Crippen LogP contribution >= 0.6 is 11.6 Å². The highest BCUT2D eigenvalue weighted by Gasteiger charge is 2.73. The average molecular weight is 350 g/mol. The number of ether oxygens (including phenoxy) is 2. The number of hydrogen-bond donors (Lipinski definition) is 1. The van der Waals surface area contributed by atoms with Gasteiger partial charge in [0.2, 0.25) is 0 Å². The fraction of sp³-hybridized carbons (Fsp3) is 0.471. The maximum absolute atomic E-state index is 12.5. The van der Waals surface area contributed by atoms with Crippen molar-refractivity contribution in [2.45, 2.75) is 37.3 Å². The molecule has 1 amide bonds. The predicted octanol–water partition coefficient (Wildman–Crippen LogP) is 1.89. The van der Waals surface area contributed by atoms with Gasteiger partial charge in [-0.05, 0) is 37.5 Å². The number of methoxy groups -OCH3 is 1. The van der Waals surface area contributed by atoms with Gasteiger partial charge in [-0.15, -0.1) is 0 Å². The largest absolute Gasteiger partial charge is 0.479 e. The van der Waals surface area contributed by atoms with Crippen molar-refractivity contribution in [1.82, 2.24) is 5.32 Å². The van der Waals surface area contributed by atoms with Crippen molar-refractivity contribution < 1.29 is 23.9 Å². The molecule has 2 bridgehead atoms. The quantitative estimate of drug-likeness (QED) is 0.843. The topological polar surface area (TPSA) is 81.7 Å². The summed E-state index contributed by atoms with van der Waals surface area (Å²) in [6, 6.07) is 4.77. The minimum absolute atomic E-state index is 0.0165. The standard InChI is InChI=1S/C17H16ClNO5/c1-23-15(22)16-6-17(7-16,8-16)19-14(21)13-5-11(20)10-4-9(18)2-3-12(10)24-13/h2-4,13H,5-8H2,1H3,(H,19,21)/t13-,16?,17?/m1/s1. The lowest BCUT2D eigenvalue weighted by molar-refractivity contribution is -0.203. The first-order valence-electron chi connectivity index (χ1n) is 7.76. The second-order valence-corrected chi connectivity index (χ2v) is 7.38. The van der Waals surface area contributed by atoms with E-state index in [2.05, 4.69) is 5.32 Å². The summed E-state index contributed by atoms with van der Waals surface area (Å²) >= 11 is 5.89. The van der Waals surface area contributed by atoms with Gasteiger partial charge >= 0.3 is 5.97 Å². The van der Waals surface area contributed by atoms with E-state index in [0.29, 0.717) is 35.6 Å². The Morgan fingerprint density at radius 2 is 2.04 bits per heavy atom. The van der Waals surface area contributed by atoms with E-state index in [4.69, 9.17) is 21.1 Å². The van der Waals surface area contributed by atoms with Crippen LogP contribution in [-0.4, -0.2) is 36.4 Å². The number of benzene rings is 1. The van der Waals surface area contributed by atoms with Crippen LogP contribution in [0.3, 0.4) is 0 Å². The molecule has 1 aromatic rings. The van der Waals surface area contributed by atoms with E-state index in [1.807, 2.05) is 0 Å². The molecule has 0 unspecified atom stereocenters. The Labute approximate surface area is 143 Å². The molecule has 0 spiro atoms. The molecule has 3 fully saturated rings. The van der Waals surface area contributed by atoms with E-state index >= 15 is 0 Å². The zero-order valence-electron chi connectivity index (χ0n) is 13.1. The van der Waals surface area contributed by atoms with Gasteiger partial charge in [-0.2, -0.15) is 0 Å². The van der Waals surface area contributed by atoms with Crippen LogP contribution in [0.4, 0.5) is 0 Å². The van der Waals surface area contributed by atoms with E-state index < -0.39 is 11.5 Å². The Bertz CT molecular complexity index is 754. The molecule has 24 heavy (non-hydrogen) atoms. The van der Waals surface area contributed by atoms with Gasteiger partial charge < -0.3 is 14.8 Å². The summed E-state index contributed by atoms with van der Waals surface area (Å²) in [4.78, 5) is 36.4. The number of nitrogens with one attached hydrogen (secondary N) is 1. The van der Waals surface area contributed by atoms with Gasteiger partial charge in [0.1, 0.15) is 5.75 Å². The predicted molar refractivity (Wildman–Crippen MR) is 84.0 cm³/mol. The Kier molecular flexibility index (Phi) is 3.19. The summed E-state index contributed by atoms with van der Waals surface area (Å²) in [6.45, 7) is 0. The Balaban J connectivity index is 1.42. The number of ketones is 1. The number of carbonyl (C=O) groups excluding carboxylic acids is 3. The highest BCUT2D eigenvalue weighted by atomic mass is 35.5. The molecule has 3 aliphatic carbocycles. The molecule has 7 heteroatoms. The number of carbonyl (C=O) groups is 3. The minimum Gasteiger partial charge on any atom is -0.479 e. The lowest BCUT2D eigenvalue weighted by Crippen LogP contribution is -2.77. The van der Waals surface area contributed by atoms with Gasteiger partial charge in [-0.3, -0.25) is 14.4 Å². The van der Waals surface area contributed by atoms with Crippen LogP contribution in [0.1, 0.15) is 36.0 Å². The van der Waals surface area contributed by atoms with E-state index in [0.717, 1.165) is 0 Å². The third-order valence-corrected chi connectivity index (χ3v) is 5.45. The van der Waals surface area contributed by atoms with Crippen LogP contribution in [0.25, 0.3) is 0 Å². The number of hydrogen-bond acceptors (Lipinski definition) is 5. The number of fused-ring (bicyclic) bond motifs is 1.